The van der Waals surface area contributed by atoms with Gasteiger partial charge in [-0.1, -0.05) is 54.6 Å². The normalized spacial score (nSPS) is 10.3. The maximum atomic E-state index is 13.1. The van der Waals surface area contributed by atoms with Crippen LogP contribution in [-0.2, 0) is 4.74 Å². The molecule has 4 rings (SSSR count). The van der Waals surface area contributed by atoms with Crippen molar-refractivity contribution in [1.82, 2.24) is 20.6 Å². The molecule has 0 bridgehead atoms. The molecule has 0 aliphatic heterocycles. The first-order valence-electron chi connectivity index (χ1n) is 10.9. The van der Waals surface area contributed by atoms with Crippen molar-refractivity contribution in [2.45, 2.75) is 6.92 Å². The van der Waals surface area contributed by atoms with Crippen molar-refractivity contribution in [3.63, 3.8) is 0 Å². The fourth-order valence-corrected chi connectivity index (χ4v) is 3.34. The van der Waals surface area contributed by atoms with E-state index < -0.39 is 17.9 Å². The van der Waals surface area contributed by atoms with Crippen LogP contribution in [-0.4, -0.2) is 34.3 Å². The summed E-state index contributed by atoms with van der Waals surface area (Å²) in [7, 11) is 0. The summed E-state index contributed by atoms with van der Waals surface area (Å²) in [5, 5.41) is 7.14. The SMILES string of the molecule is CCOC(=O)Nc1cccc(C(=O)NNC(=O)c2cn(-c3ccccc3)nc2-c2ccccc2)c1. The van der Waals surface area contributed by atoms with Gasteiger partial charge in [0.05, 0.1) is 17.9 Å². The van der Waals surface area contributed by atoms with Crippen LogP contribution in [0.1, 0.15) is 27.6 Å². The zero-order valence-electron chi connectivity index (χ0n) is 18.9. The minimum Gasteiger partial charge on any atom is -0.450 e. The van der Waals surface area contributed by atoms with Crippen LogP contribution >= 0.6 is 0 Å². The molecule has 0 aliphatic rings. The highest BCUT2D eigenvalue weighted by molar-refractivity contribution is 6.02. The maximum Gasteiger partial charge on any atom is 0.411 e. The molecular weight excluding hydrogens is 446 g/mol. The van der Waals surface area contributed by atoms with Gasteiger partial charge in [0.25, 0.3) is 11.8 Å². The number of nitrogens with zero attached hydrogens (tertiary/aromatic N) is 2. The zero-order valence-corrected chi connectivity index (χ0v) is 18.9. The van der Waals surface area contributed by atoms with Gasteiger partial charge in [-0.25, -0.2) is 9.48 Å². The lowest BCUT2D eigenvalue weighted by Gasteiger charge is -2.09. The smallest absolute Gasteiger partial charge is 0.411 e. The summed E-state index contributed by atoms with van der Waals surface area (Å²) in [6, 6.07) is 25.0. The highest BCUT2D eigenvalue weighted by Gasteiger charge is 2.19. The van der Waals surface area contributed by atoms with Crippen LogP contribution < -0.4 is 16.2 Å². The molecule has 0 unspecified atom stereocenters. The van der Waals surface area contributed by atoms with Gasteiger partial charge in [0.1, 0.15) is 5.69 Å². The van der Waals surface area contributed by atoms with Crippen LogP contribution in [0.25, 0.3) is 16.9 Å². The number of anilines is 1. The van der Waals surface area contributed by atoms with E-state index in [1.165, 1.54) is 6.07 Å². The third kappa shape index (κ3) is 5.72. The largest absolute Gasteiger partial charge is 0.450 e. The van der Waals surface area contributed by atoms with Crippen LogP contribution in [0.2, 0.25) is 0 Å². The van der Waals surface area contributed by atoms with Crippen LogP contribution in [0.15, 0.2) is 91.1 Å². The molecule has 0 aliphatic carbocycles. The molecular formula is C26H23N5O4. The lowest BCUT2D eigenvalue weighted by molar-refractivity contribution is 0.0847. The van der Waals surface area contributed by atoms with Crippen molar-refractivity contribution in [2.24, 2.45) is 0 Å². The van der Waals surface area contributed by atoms with Crippen molar-refractivity contribution in [3.8, 4) is 16.9 Å². The molecule has 3 aromatic carbocycles. The summed E-state index contributed by atoms with van der Waals surface area (Å²) in [5.41, 5.74) is 7.80. The molecule has 0 spiro atoms. The van der Waals surface area contributed by atoms with Gasteiger partial charge in [0.2, 0.25) is 0 Å². The van der Waals surface area contributed by atoms with Gasteiger partial charge in [-0.2, -0.15) is 5.10 Å². The van der Waals surface area contributed by atoms with E-state index in [1.54, 1.807) is 36.0 Å². The van der Waals surface area contributed by atoms with Gasteiger partial charge in [-0.3, -0.25) is 25.8 Å². The second kappa shape index (κ2) is 10.8. The quantitative estimate of drug-likeness (QED) is 0.367. The Balaban J connectivity index is 1.51. The molecule has 176 valence electrons. The minimum atomic E-state index is -0.623. The lowest BCUT2D eigenvalue weighted by Crippen LogP contribution is -2.41. The van der Waals surface area contributed by atoms with E-state index in [-0.39, 0.29) is 17.7 Å². The zero-order chi connectivity index (χ0) is 24.6. The van der Waals surface area contributed by atoms with Crippen molar-refractivity contribution in [2.75, 3.05) is 11.9 Å². The van der Waals surface area contributed by atoms with E-state index >= 15 is 0 Å². The van der Waals surface area contributed by atoms with E-state index in [4.69, 9.17) is 4.74 Å². The molecule has 9 nitrogen and oxygen atoms in total. The third-order valence-electron chi connectivity index (χ3n) is 4.96. The number of carbonyl (C=O) groups is 3. The van der Waals surface area contributed by atoms with E-state index in [2.05, 4.69) is 21.3 Å². The maximum absolute atomic E-state index is 13.1. The van der Waals surface area contributed by atoms with Gasteiger partial charge >= 0.3 is 6.09 Å². The van der Waals surface area contributed by atoms with Crippen LogP contribution in [0.4, 0.5) is 10.5 Å². The third-order valence-corrected chi connectivity index (χ3v) is 4.96. The number of benzene rings is 3. The van der Waals surface area contributed by atoms with E-state index in [1.807, 2.05) is 60.7 Å². The molecule has 9 heteroatoms. The molecule has 35 heavy (non-hydrogen) atoms. The first kappa shape index (κ1) is 23.2. The number of nitrogens with one attached hydrogen (secondary N) is 3. The fraction of sp³-hybridized carbons (Fsp3) is 0.0769. The van der Waals surface area contributed by atoms with Crippen LogP contribution in [0.5, 0.6) is 0 Å². The Morgan fingerprint density at radius 3 is 2.26 bits per heavy atom. The van der Waals surface area contributed by atoms with Gasteiger partial charge < -0.3 is 4.74 Å². The Kier molecular flexibility index (Phi) is 7.17. The highest BCUT2D eigenvalue weighted by Crippen LogP contribution is 2.23. The Bertz CT molecular complexity index is 1340. The Morgan fingerprint density at radius 2 is 1.54 bits per heavy atom. The number of hydrogen-bond acceptors (Lipinski definition) is 5. The molecule has 3 N–H and O–H groups in total. The summed E-state index contributed by atoms with van der Waals surface area (Å²) in [4.78, 5) is 37.3. The number of rotatable bonds is 6. The molecule has 1 aromatic heterocycles. The number of hydrazine groups is 1. The Hall–Kier alpha value is -4.92. The first-order valence-corrected chi connectivity index (χ1v) is 10.9. The van der Waals surface area contributed by atoms with Gasteiger partial charge in [-0.05, 0) is 37.3 Å². The van der Waals surface area contributed by atoms with Gasteiger partial charge in [-0.15, -0.1) is 0 Å². The summed E-state index contributed by atoms with van der Waals surface area (Å²) >= 11 is 0. The average Bonchev–Trinajstić information content (AvgIpc) is 3.34. The number of aromatic nitrogens is 2. The van der Waals surface area contributed by atoms with E-state index in [0.717, 1.165) is 11.3 Å². The lowest BCUT2D eigenvalue weighted by atomic mass is 10.1. The average molecular weight is 470 g/mol. The molecule has 0 radical (unpaired) electrons. The van der Waals surface area contributed by atoms with Crippen molar-refractivity contribution < 1.29 is 19.1 Å². The molecule has 3 amide bonds. The van der Waals surface area contributed by atoms with E-state index in [9.17, 15) is 14.4 Å². The number of hydrogen-bond donors (Lipinski definition) is 3. The van der Waals surface area contributed by atoms with Crippen molar-refractivity contribution in [3.05, 3.63) is 102 Å². The molecule has 0 fully saturated rings. The fourth-order valence-electron chi connectivity index (χ4n) is 3.34. The van der Waals surface area contributed by atoms with Crippen LogP contribution in [0, 0.1) is 0 Å². The first-order chi connectivity index (χ1) is 17.0. The minimum absolute atomic E-state index is 0.226. The summed E-state index contributed by atoms with van der Waals surface area (Å²) in [6.45, 7) is 1.92. The Morgan fingerprint density at radius 1 is 0.857 bits per heavy atom. The molecule has 0 saturated carbocycles. The summed E-state index contributed by atoms with van der Waals surface area (Å²) < 4.78 is 6.45. The number of para-hydroxylation sites is 1. The Labute approximate surface area is 201 Å². The second-order valence-corrected chi connectivity index (χ2v) is 7.37. The summed E-state index contributed by atoms with van der Waals surface area (Å²) in [6.07, 6.45) is 0.991. The highest BCUT2D eigenvalue weighted by atomic mass is 16.5. The predicted octanol–water partition coefficient (Wildman–Crippen LogP) is 4.18. The van der Waals surface area contributed by atoms with E-state index in [0.29, 0.717) is 11.4 Å². The van der Waals surface area contributed by atoms with Gasteiger partial charge in [0, 0.05) is 23.0 Å². The van der Waals surface area contributed by atoms with Crippen LogP contribution in [0.3, 0.4) is 0 Å². The monoisotopic (exact) mass is 469 g/mol. The topological polar surface area (TPSA) is 114 Å². The van der Waals surface area contributed by atoms with Crippen molar-refractivity contribution >= 4 is 23.6 Å². The second-order valence-electron chi connectivity index (χ2n) is 7.37. The predicted molar refractivity (Wildman–Crippen MR) is 131 cm³/mol. The summed E-state index contributed by atoms with van der Waals surface area (Å²) in [5.74, 6) is -1.08. The number of ether oxygens (including phenoxy) is 1. The molecule has 0 saturated heterocycles. The number of amides is 3. The number of carbonyl (C=O) groups excluding carboxylic acids is 3. The molecule has 0 atom stereocenters. The molecule has 4 aromatic rings. The van der Waals surface area contributed by atoms with Gasteiger partial charge in [0.15, 0.2) is 0 Å². The molecule has 1 heterocycles. The van der Waals surface area contributed by atoms with Crippen molar-refractivity contribution in [1.29, 1.82) is 0 Å². The standard InChI is InChI=1S/C26H23N5O4/c1-2-35-26(34)27-20-13-9-12-19(16-20)24(32)28-29-25(33)22-17-31(21-14-7-4-8-15-21)30-23(22)18-10-5-3-6-11-18/h3-17H,2H2,1H3,(H,27,34)(H,28,32)(H,29,33).